The number of likely N-dealkylation sites (N-methyl/N-ethyl adjacent to an activating group) is 1. The molecule has 0 saturated carbocycles. The highest BCUT2D eigenvalue weighted by atomic mass is 79.9. The molecular formula is C31H30BrNO3. The fraction of sp³-hybridized carbons (Fsp3) is 0.226. The van der Waals surface area contributed by atoms with Crippen LogP contribution in [0.4, 0.5) is 0 Å². The second-order valence-corrected chi connectivity index (χ2v) is 10.0. The van der Waals surface area contributed by atoms with Crippen LogP contribution in [0.3, 0.4) is 0 Å². The second kappa shape index (κ2) is 11.2. The first kappa shape index (κ1) is 24.4. The van der Waals surface area contributed by atoms with Crippen LogP contribution in [0.5, 0.6) is 17.2 Å². The summed E-state index contributed by atoms with van der Waals surface area (Å²) in [5, 5.41) is 0. The molecule has 4 aromatic rings. The van der Waals surface area contributed by atoms with Crippen LogP contribution in [0.2, 0.25) is 0 Å². The molecule has 1 heterocycles. The Kier molecular flexibility index (Phi) is 7.59. The van der Waals surface area contributed by atoms with Gasteiger partial charge in [-0.2, -0.15) is 0 Å². The lowest BCUT2D eigenvalue weighted by atomic mass is 9.97. The Morgan fingerprint density at radius 1 is 0.750 bits per heavy atom. The van der Waals surface area contributed by atoms with Crippen molar-refractivity contribution >= 4 is 15.9 Å². The van der Waals surface area contributed by atoms with Gasteiger partial charge in [-0.15, -0.1) is 0 Å². The molecule has 0 spiro atoms. The third kappa shape index (κ3) is 5.58. The zero-order valence-corrected chi connectivity index (χ0v) is 22.2. The molecule has 0 aromatic heterocycles. The molecule has 1 atom stereocenters. The number of rotatable bonds is 9. The van der Waals surface area contributed by atoms with Crippen molar-refractivity contribution in [1.29, 1.82) is 0 Å². The highest BCUT2D eigenvalue weighted by Crippen LogP contribution is 2.42. The molecule has 36 heavy (non-hydrogen) atoms. The van der Waals surface area contributed by atoms with Crippen molar-refractivity contribution in [3.05, 3.63) is 123 Å². The highest BCUT2D eigenvalue weighted by molar-refractivity contribution is 9.10. The van der Waals surface area contributed by atoms with Gasteiger partial charge in [0.05, 0.1) is 11.6 Å². The van der Waals surface area contributed by atoms with E-state index in [2.05, 4.69) is 82.5 Å². The molecule has 5 heteroatoms. The van der Waals surface area contributed by atoms with Gasteiger partial charge in [-0.1, -0.05) is 66.7 Å². The summed E-state index contributed by atoms with van der Waals surface area (Å²) >= 11 is 3.72. The summed E-state index contributed by atoms with van der Waals surface area (Å²) in [5.74, 6) is 2.41. The number of hydrogen-bond acceptors (Lipinski definition) is 4. The van der Waals surface area contributed by atoms with Gasteiger partial charge in [0.15, 0.2) is 11.5 Å². The van der Waals surface area contributed by atoms with Crippen molar-refractivity contribution in [3.8, 4) is 17.2 Å². The lowest BCUT2D eigenvalue weighted by molar-refractivity contribution is 0.265. The van der Waals surface area contributed by atoms with Gasteiger partial charge >= 0.3 is 0 Å². The SMILES string of the molecule is COc1cc2c(cc1OCc1ccccc1)[C@@H](Cc1ccc(OCc3ccccc3)c(Br)c1)N(C)C2. The number of benzene rings is 4. The maximum Gasteiger partial charge on any atom is 0.162 e. The van der Waals surface area contributed by atoms with Gasteiger partial charge < -0.3 is 14.2 Å². The van der Waals surface area contributed by atoms with E-state index in [4.69, 9.17) is 14.2 Å². The van der Waals surface area contributed by atoms with Gasteiger partial charge in [-0.05, 0) is 81.5 Å². The van der Waals surface area contributed by atoms with Crippen LogP contribution in [-0.2, 0) is 26.2 Å². The summed E-state index contributed by atoms with van der Waals surface area (Å²) in [6, 6.07) is 31.4. The number of nitrogens with zero attached hydrogens (tertiary/aromatic N) is 1. The molecule has 0 bridgehead atoms. The maximum atomic E-state index is 6.20. The predicted molar refractivity (Wildman–Crippen MR) is 147 cm³/mol. The Labute approximate surface area is 221 Å². The largest absolute Gasteiger partial charge is 0.493 e. The van der Waals surface area contributed by atoms with E-state index >= 15 is 0 Å². The molecule has 0 unspecified atom stereocenters. The molecule has 0 radical (unpaired) electrons. The van der Waals surface area contributed by atoms with Gasteiger partial charge in [0.2, 0.25) is 0 Å². The molecule has 184 valence electrons. The Morgan fingerprint density at radius 2 is 1.39 bits per heavy atom. The van der Waals surface area contributed by atoms with Crippen molar-refractivity contribution < 1.29 is 14.2 Å². The van der Waals surface area contributed by atoms with Crippen LogP contribution in [-0.4, -0.2) is 19.1 Å². The average molecular weight is 544 g/mol. The lowest BCUT2D eigenvalue weighted by Gasteiger charge is -2.21. The van der Waals surface area contributed by atoms with Crippen molar-refractivity contribution in [2.45, 2.75) is 32.2 Å². The smallest absolute Gasteiger partial charge is 0.162 e. The number of fused-ring (bicyclic) bond motifs is 1. The first-order valence-corrected chi connectivity index (χ1v) is 12.9. The first-order chi connectivity index (χ1) is 17.6. The minimum absolute atomic E-state index is 0.257. The molecule has 1 aliphatic rings. The third-order valence-corrected chi connectivity index (χ3v) is 7.26. The van der Waals surface area contributed by atoms with E-state index in [1.165, 1.54) is 16.7 Å². The molecule has 5 rings (SSSR count). The highest BCUT2D eigenvalue weighted by Gasteiger charge is 2.30. The fourth-order valence-electron chi connectivity index (χ4n) is 4.70. The third-order valence-electron chi connectivity index (χ3n) is 6.64. The van der Waals surface area contributed by atoms with E-state index in [9.17, 15) is 0 Å². The van der Waals surface area contributed by atoms with Gasteiger partial charge in [-0.25, -0.2) is 0 Å². The maximum absolute atomic E-state index is 6.20. The van der Waals surface area contributed by atoms with Crippen LogP contribution < -0.4 is 14.2 Å². The number of hydrogen-bond donors (Lipinski definition) is 0. The number of methoxy groups -OCH3 is 1. The van der Waals surface area contributed by atoms with Crippen molar-refractivity contribution in [3.63, 3.8) is 0 Å². The van der Waals surface area contributed by atoms with Crippen molar-refractivity contribution in [2.75, 3.05) is 14.2 Å². The topological polar surface area (TPSA) is 30.9 Å². The van der Waals surface area contributed by atoms with Crippen LogP contribution >= 0.6 is 15.9 Å². The molecule has 0 fully saturated rings. The summed E-state index contributed by atoms with van der Waals surface area (Å²) in [5.41, 5.74) is 6.11. The van der Waals surface area contributed by atoms with E-state index in [1.54, 1.807) is 7.11 Å². The van der Waals surface area contributed by atoms with Crippen LogP contribution in [0.15, 0.2) is 95.5 Å². The van der Waals surface area contributed by atoms with Crippen LogP contribution in [0, 0.1) is 0 Å². The fourth-order valence-corrected chi connectivity index (χ4v) is 5.24. The van der Waals surface area contributed by atoms with E-state index in [0.717, 1.165) is 45.8 Å². The molecule has 4 nitrogen and oxygen atoms in total. The van der Waals surface area contributed by atoms with Gasteiger partial charge in [0.25, 0.3) is 0 Å². The predicted octanol–water partition coefficient (Wildman–Crippen LogP) is 7.34. The molecule has 1 aliphatic heterocycles. The van der Waals surface area contributed by atoms with E-state index in [-0.39, 0.29) is 6.04 Å². The summed E-state index contributed by atoms with van der Waals surface area (Å²) < 4.78 is 18.9. The lowest BCUT2D eigenvalue weighted by Crippen LogP contribution is -2.18. The standard InChI is InChI=1S/C31H30BrNO3/c1-33-19-25-17-30(34-2)31(36-21-23-11-7-4-8-12-23)18-26(25)28(33)16-24-13-14-29(27(32)15-24)35-20-22-9-5-3-6-10-22/h3-15,17-18,28H,16,19-21H2,1-2H3/t28-/m1/s1. The molecule has 0 aliphatic carbocycles. The Bertz CT molecular complexity index is 1310. The molecule has 0 amide bonds. The average Bonchev–Trinajstić information content (AvgIpc) is 3.21. The normalized spacial score (nSPS) is 14.9. The Balaban J connectivity index is 1.31. The van der Waals surface area contributed by atoms with E-state index in [0.29, 0.717) is 13.2 Å². The van der Waals surface area contributed by atoms with Gasteiger partial charge in [0, 0.05) is 12.6 Å². The molecule has 0 saturated heterocycles. The van der Waals surface area contributed by atoms with E-state index in [1.807, 2.05) is 36.4 Å². The number of halogens is 1. The van der Waals surface area contributed by atoms with E-state index < -0.39 is 0 Å². The van der Waals surface area contributed by atoms with Crippen LogP contribution in [0.1, 0.15) is 33.9 Å². The minimum atomic E-state index is 0.257. The summed E-state index contributed by atoms with van der Waals surface area (Å²) in [4.78, 5) is 2.39. The minimum Gasteiger partial charge on any atom is -0.493 e. The van der Waals surface area contributed by atoms with Gasteiger partial charge in [-0.3, -0.25) is 4.90 Å². The molecular weight excluding hydrogens is 514 g/mol. The second-order valence-electron chi connectivity index (χ2n) is 9.15. The zero-order chi connectivity index (χ0) is 24.9. The summed E-state index contributed by atoms with van der Waals surface area (Å²) in [6.07, 6.45) is 0.894. The molecule has 4 aromatic carbocycles. The van der Waals surface area contributed by atoms with Gasteiger partial charge in [0.1, 0.15) is 19.0 Å². The Hall–Kier alpha value is -3.28. The first-order valence-electron chi connectivity index (χ1n) is 12.1. The Morgan fingerprint density at radius 3 is 2.00 bits per heavy atom. The molecule has 0 N–H and O–H groups in total. The number of ether oxygens (including phenoxy) is 3. The summed E-state index contributed by atoms with van der Waals surface area (Å²) in [6.45, 7) is 1.94. The quantitative estimate of drug-likeness (QED) is 0.221. The zero-order valence-electron chi connectivity index (χ0n) is 20.6. The van der Waals surface area contributed by atoms with Crippen LogP contribution in [0.25, 0.3) is 0 Å². The van der Waals surface area contributed by atoms with Crippen molar-refractivity contribution in [2.24, 2.45) is 0 Å². The monoisotopic (exact) mass is 543 g/mol. The van der Waals surface area contributed by atoms with Crippen molar-refractivity contribution in [1.82, 2.24) is 4.90 Å². The summed E-state index contributed by atoms with van der Waals surface area (Å²) in [7, 11) is 3.88.